The fraction of sp³-hybridized carbons (Fsp3) is 0.667. The zero-order valence-corrected chi connectivity index (χ0v) is 13.2. The third kappa shape index (κ3) is 3.62. The molecule has 2 heteroatoms. The summed E-state index contributed by atoms with van der Waals surface area (Å²) in [4.78, 5) is 0. The van der Waals surface area contributed by atoms with Crippen molar-refractivity contribution in [2.24, 2.45) is 11.7 Å². The lowest BCUT2D eigenvalue weighted by atomic mass is 9.77. The summed E-state index contributed by atoms with van der Waals surface area (Å²) < 4.78 is 6.27. The summed E-state index contributed by atoms with van der Waals surface area (Å²) >= 11 is 0. The van der Waals surface area contributed by atoms with E-state index in [0.717, 1.165) is 18.8 Å². The predicted octanol–water partition coefficient (Wildman–Crippen LogP) is 4.12. The molecule has 2 N–H and O–H groups in total. The predicted molar refractivity (Wildman–Crippen MR) is 84.7 cm³/mol. The minimum Gasteiger partial charge on any atom is -0.369 e. The van der Waals surface area contributed by atoms with E-state index in [1.54, 1.807) is 0 Å². The molecule has 112 valence electrons. The lowest BCUT2D eigenvalue weighted by Gasteiger charge is -2.39. The largest absolute Gasteiger partial charge is 0.369 e. The average Bonchev–Trinajstić information content (AvgIpc) is 2.49. The number of benzene rings is 1. The van der Waals surface area contributed by atoms with E-state index in [1.807, 2.05) is 0 Å². The maximum atomic E-state index is 6.27. The van der Waals surface area contributed by atoms with Gasteiger partial charge >= 0.3 is 0 Å². The summed E-state index contributed by atoms with van der Waals surface area (Å²) in [6.07, 6.45) is 6.05. The van der Waals surface area contributed by atoms with Crippen LogP contribution >= 0.6 is 0 Å². The first-order chi connectivity index (χ1) is 9.58. The van der Waals surface area contributed by atoms with E-state index in [4.69, 9.17) is 10.5 Å². The summed E-state index contributed by atoms with van der Waals surface area (Å²) in [5.74, 6) is 0.875. The molecule has 1 aromatic carbocycles. The van der Waals surface area contributed by atoms with E-state index < -0.39 is 0 Å². The van der Waals surface area contributed by atoms with Crippen molar-refractivity contribution in [3.05, 3.63) is 34.9 Å². The van der Waals surface area contributed by atoms with E-state index in [9.17, 15) is 0 Å². The fourth-order valence-electron chi connectivity index (χ4n) is 3.15. The highest BCUT2D eigenvalue weighted by atomic mass is 16.5. The van der Waals surface area contributed by atoms with Gasteiger partial charge in [-0.15, -0.1) is 0 Å². The standard InChI is InChI=1S/C18H29NO/c1-4-16-7-9-18(13-19,10-8-16)20-12-17-6-5-14(2)15(3)11-17/h5-6,11,16H,4,7-10,12-13,19H2,1-3H3. The molecule has 1 aliphatic carbocycles. The van der Waals surface area contributed by atoms with Gasteiger partial charge in [-0.05, 0) is 62.1 Å². The van der Waals surface area contributed by atoms with Crippen LogP contribution in [0, 0.1) is 19.8 Å². The molecule has 0 radical (unpaired) electrons. The first-order valence-electron chi connectivity index (χ1n) is 7.99. The molecular formula is C18H29NO. The first-order valence-corrected chi connectivity index (χ1v) is 7.99. The molecule has 1 aromatic rings. The minimum atomic E-state index is -0.0789. The van der Waals surface area contributed by atoms with Crippen molar-refractivity contribution in [2.45, 2.75) is 65.1 Å². The summed E-state index contributed by atoms with van der Waals surface area (Å²) in [6.45, 7) is 7.93. The summed E-state index contributed by atoms with van der Waals surface area (Å²) in [5, 5.41) is 0. The Hall–Kier alpha value is -0.860. The minimum absolute atomic E-state index is 0.0789. The monoisotopic (exact) mass is 275 g/mol. The Bertz CT molecular complexity index is 433. The number of ether oxygens (including phenoxy) is 1. The van der Waals surface area contributed by atoms with Crippen molar-refractivity contribution >= 4 is 0 Å². The molecule has 2 rings (SSSR count). The van der Waals surface area contributed by atoms with Crippen molar-refractivity contribution in [2.75, 3.05) is 6.54 Å². The Balaban J connectivity index is 1.95. The second kappa shape index (κ2) is 6.73. The highest BCUT2D eigenvalue weighted by molar-refractivity contribution is 5.29. The van der Waals surface area contributed by atoms with Crippen LogP contribution in [0.3, 0.4) is 0 Å². The van der Waals surface area contributed by atoms with E-state index in [-0.39, 0.29) is 5.60 Å². The van der Waals surface area contributed by atoms with Crippen LogP contribution in [-0.4, -0.2) is 12.1 Å². The molecule has 1 saturated carbocycles. The van der Waals surface area contributed by atoms with E-state index in [1.165, 1.54) is 36.0 Å². The van der Waals surface area contributed by atoms with Gasteiger partial charge in [0.05, 0.1) is 12.2 Å². The fourth-order valence-corrected chi connectivity index (χ4v) is 3.15. The van der Waals surface area contributed by atoms with Gasteiger partial charge in [-0.2, -0.15) is 0 Å². The molecule has 1 fully saturated rings. The maximum Gasteiger partial charge on any atom is 0.0808 e. The highest BCUT2D eigenvalue weighted by Gasteiger charge is 2.34. The second-order valence-electron chi connectivity index (χ2n) is 6.45. The summed E-state index contributed by atoms with van der Waals surface area (Å²) in [7, 11) is 0. The number of hydrogen-bond donors (Lipinski definition) is 1. The van der Waals surface area contributed by atoms with E-state index in [0.29, 0.717) is 13.2 Å². The van der Waals surface area contributed by atoms with Crippen molar-refractivity contribution in [3.8, 4) is 0 Å². The van der Waals surface area contributed by atoms with Gasteiger partial charge in [-0.1, -0.05) is 31.5 Å². The van der Waals surface area contributed by atoms with Crippen LogP contribution in [0.25, 0.3) is 0 Å². The van der Waals surface area contributed by atoms with Gasteiger partial charge in [0.2, 0.25) is 0 Å². The molecule has 0 unspecified atom stereocenters. The lowest BCUT2D eigenvalue weighted by molar-refractivity contribution is -0.0813. The molecule has 0 atom stereocenters. The molecule has 0 heterocycles. The zero-order chi connectivity index (χ0) is 14.6. The zero-order valence-electron chi connectivity index (χ0n) is 13.2. The van der Waals surface area contributed by atoms with Gasteiger partial charge in [0.25, 0.3) is 0 Å². The SMILES string of the molecule is CCC1CCC(CN)(OCc2ccc(C)c(C)c2)CC1. The first kappa shape index (κ1) is 15.5. The average molecular weight is 275 g/mol. The van der Waals surface area contributed by atoms with Crippen LogP contribution in [0.1, 0.15) is 55.7 Å². The molecule has 0 aliphatic heterocycles. The molecular weight excluding hydrogens is 246 g/mol. The maximum absolute atomic E-state index is 6.27. The molecule has 1 aliphatic rings. The Morgan fingerprint density at radius 1 is 1.20 bits per heavy atom. The molecule has 0 aromatic heterocycles. The number of nitrogens with two attached hydrogens (primary N) is 1. The molecule has 0 saturated heterocycles. The van der Waals surface area contributed by atoms with Gasteiger partial charge < -0.3 is 10.5 Å². The normalized spacial score (nSPS) is 26.7. The van der Waals surface area contributed by atoms with Crippen LogP contribution in [0.2, 0.25) is 0 Å². The van der Waals surface area contributed by atoms with Gasteiger partial charge in [0.15, 0.2) is 0 Å². The van der Waals surface area contributed by atoms with E-state index in [2.05, 4.69) is 39.0 Å². The van der Waals surface area contributed by atoms with Crippen LogP contribution < -0.4 is 5.73 Å². The highest BCUT2D eigenvalue weighted by Crippen LogP contribution is 2.36. The summed E-state index contributed by atoms with van der Waals surface area (Å²) in [5.41, 5.74) is 9.88. The van der Waals surface area contributed by atoms with Crippen molar-refractivity contribution in [3.63, 3.8) is 0 Å². The molecule has 2 nitrogen and oxygen atoms in total. The number of aryl methyl sites for hydroxylation is 2. The van der Waals surface area contributed by atoms with Crippen molar-refractivity contribution in [1.82, 2.24) is 0 Å². The van der Waals surface area contributed by atoms with Gasteiger partial charge in [-0.25, -0.2) is 0 Å². The Kier molecular flexibility index (Phi) is 5.22. The third-order valence-electron chi connectivity index (χ3n) is 5.08. The Morgan fingerprint density at radius 2 is 1.90 bits per heavy atom. The quantitative estimate of drug-likeness (QED) is 0.877. The van der Waals surface area contributed by atoms with Crippen LogP contribution in [0.15, 0.2) is 18.2 Å². The van der Waals surface area contributed by atoms with Gasteiger partial charge in [0.1, 0.15) is 0 Å². The lowest BCUT2D eigenvalue weighted by Crippen LogP contribution is -2.43. The second-order valence-corrected chi connectivity index (χ2v) is 6.45. The smallest absolute Gasteiger partial charge is 0.0808 e. The van der Waals surface area contributed by atoms with Crippen LogP contribution in [0.5, 0.6) is 0 Å². The Labute approximate surface area is 123 Å². The number of rotatable bonds is 5. The topological polar surface area (TPSA) is 35.2 Å². The van der Waals surface area contributed by atoms with Crippen LogP contribution in [0.4, 0.5) is 0 Å². The molecule has 20 heavy (non-hydrogen) atoms. The van der Waals surface area contributed by atoms with Gasteiger partial charge in [-0.3, -0.25) is 0 Å². The molecule has 0 amide bonds. The number of hydrogen-bond acceptors (Lipinski definition) is 2. The molecule has 0 bridgehead atoms. The third-order valence-corrected chi connectivity index (χ3v) is 5.08. The van der Waals surface area contributed by atoms with Crippen molar-refractivity contribution in [1.29, 1.82) is 0 Å². The van der Waals surface area contributed by atoms with Crippen molar-refractivity contribution < 1.29 is 4.74 Å². The Morgan fingerprint density at radius 3 is 2.45 bits per heavy atom. The van der Waals surface area contributed by atoms with Gasteiger partial charge in [0, 0.05) is 6.54 Å². The van der Waals surface area contributed by atoms with Crippen LogP contribution in [-0.2, 0) is 11.3 Å². The molecule has 0 spiro atoms. The summed E-state index contributed by atoms with van der Waals surface area (Å²) in [6, 6.07) is 6.58. The van der Waals surface area contributed by atoms with E-state index >= 15 is 0 Å².